The zero-order valence-corrected chi connectivity index (χ0v) is 20.7. The Morgan fingerprint density at radius 3 is 1.79 bits per heavy atom. The minimum Gasteiger partial charge on any atom is -0.311 e. The van der Waals surface area contributed by atoms with E-state index in [0.29, 0.717) is 24.7 Å². The molecule has 0 aromatic carbocycles. The van der Waals surface area contributed by atoms with Gasteiger partial charge < -0.3 is 5.67 Å². The monoisotopic (exact) mass is 434 g/mol. The lowest BCUT2D eigenvalue weighted by Crippen LogP contribution is -2.32. The normalized spacial score (nSPS) is 32.3. The summed E-state index contributed by atoms with van der Waals surface area (Å²) in [5.41, 5.74) is 3.17. The van der Waals surface area contributed by atoms with Crippen molar-refractivity contribution in [3.8, 4) is 0 Å². The van der Waals surface area contributed by atoms with Crippen LogP contribution in [0.15, 0.2) is 22.8 Å². The van der Waals surface area contributed by atoms with Gasteiger partial charge in [0.2, 0.25) is 0 Å². The summed E-state index contributed by atoms with van der Waals surface area (Å²) in [6, 6.07) is 6.14. The van der Waals surface area contributed by atoms with Crippen LogP contribution < -0.4 is 0 Å². The van der Waals surface area contributed by atoms with E-state index in [1.54, 1.807) is 17.8 Å². The van der Waals surface area contributed by atoms with Crippen LogP contribution in [-0.2, 0) is 0 Å². The zero-order valence-electron chi connectivity index (χ0n) is 18.7. The van der Waals surface area contributed by atoms with Crippen LogP contribution in [0.5, 0.6) is 0 Å². The highest BCUT2D eigenvalue weighted by Crippen LogP contribution is 2.46. The average molecular weight is 435 g/mol. The molecular weight excluding hydrogens is 394 g/mol. The molecule has 164 valence electrons. The van der Waals surface area contributed by atoms with Gasteiger partial charge in [-0.05, 0) is 60.5 Å². The van der Waals surface area contributed by atoms with Crippen molar-refractivity contribution in [3.63, 3.8) is 0 Å². The van der Waals surface area contributed by atoms with Gasteiger partial charge in [0.1, 0.15) is 11.7 Å². The van der Waals surface area contributed by atoms with Crippen LogP contribution in [0.3, 0.4) is 0 Å². The fraction of sp³-hybridized carbons (Fsp3) is 0.840. The summed E-state index contributed by atoms with van der Waals surface area (Å²) in [4.78, 5) is 0. The van der Waals surface area contributed by atoms with Crippen LogP contribution in [0.1, 0.15) is 78.1 Å². The van der Waals surface area contributed by atoms with Gasteiger partial charge in [0.25, 0.3) is 0 Å². The lowest BCUT2D eigenvalue weighted by atomic mass is 9.74. The second-order valence-corrected chi connectivity index (χ2v) is 17.2. The maximum atomic E-state index is 15.0. The van der Waals surface area contributed by atoms with E-state index in [1.165, 1.54) is 37.8 Å². The predicted molar refractivity (Wildman–Crippen MR) is 123 cm³/mol. The van der Waals surface area contributed by atoms with E-state index in [0.717, 1.165) is 48.7 Å². The third-order valence-electron chi connectivity index (χ3n) is 8.53. The number of hydrogen-bond donors (Lipinski definition) is 0. The second kappa shape index (κ2) is 9.93. The minimum absolute atomic E-state index is 0.0163. The molecule has 2 unspecified atom stereocenters. The molecule has 2 aliphatic carbocycles. The van der Waals surface area contributed by atoms with Crippen molar-refractivity contribution in [2.45, 2.75) is 108 Å². The Hall–Kier alpha value is -0.226. The summed E-state index contributed by atoms with van der Waals surface area (Å²) >= 11 is 0. The third kappa shape index (κ3) is 5.53. The lowest BCUT2D eigenvalue weighted by molar-refractivity contribution is 0.255. The number of rotatable bonds is 4. The Balaban J connectivity index is 1.27. The Bertz CT molecular complexity index is 625. The maximum absolute atomic E-state index is 15.0. The first-order valence-electron chi connectivity index (χ1n) is 12.4. The molecule has 0 radical (unpaired) electrons. The molecule has 4 heteroatoms. The molecule has 0 N–H and O–H groups in total. The van der Waals surface area contributed by atoms with Crippen LogP contribution in [0.2, 0.25) is 29.8 Å². The van der Waals surface area contributed by atoms with Crippen molar-refractivity contribution in [3.05, 3.63) is 22.8 Å². The summed E-state index contributed by atoms with van der Waals surface area (Å²) in [6.45, 7) is 4.54. The highest BCUT2D eigenvalue weighted by Gasteiger charge is 2.31. The summed E-state index contributed by atoms with van der Waals surface area (Å²) in [5, 5.41) is 0. The van der Waals surface area contributed by atoms with E-state index >= 15 is 4.39 Å². The summed E-state index contributed by atoms with van der Waals surface area (Å²) in [6.07, 6.45) is 10.5. The topological polar surface area (TPSA) is 0 Å². The van der Waals surface area contributed by atoms with Gasteiger partial charge in [0.15, 0.2) is 0 Å². The molecule has 0 spiro atoms. The van der Waals surface area contributed by atoms with E-state index in [4.69, 9.17) is 0 Å². The molecular formula is C25H40F2Si2-2. The van der Waals surface area contributed by atoms with E-state index in [2.05, 4.69) is 13.8 Å². The summed E-state index contributed by atoms with van der Waals surface area (Å²) in [7, 11) is -0.126. The van der Waals surface area contributed by atoms with Crippen molar-refractivity contribution < 1.29 is 8.78 Å². The van der Waals surface area contributed by atoms with Gasteiger partial charge in [-0.15, -0.1) is 0 Å². The molecule has 0 amide bonds. The molecule has 2 saturated heterocycles. The predicted octanol–water partition coefficient (Wildman–Crippen LogP) is 8.42. The van der Waals surface area contributed by atoms with E-state index in [9.17, 15) is 4.39 Å². The molecule has 4 aliphatic rings. The lowest BCUT2D eigenvalue weighted by Gasteiger charge is -2.49. The van der Waals surface area contributed by atoms with E-state index in [1.807, 2.05) is 0 Å². The molecule has 2 atom stereocenters. The van der Waals surface area contributed by atoms with Crippen molar-refractivity contribution >= 4 is 17.6 Å². The molecule has 2 heterocycles. The smallest absolute Gasteiger partial charge is 0.104 e. The zero-order chi connectivity index (χ0) is 20.4. The number of hydrogen-bond acceptors (Lipinski definition) is 0. The fourth-order valence-electron chi connectivity index (χ4n) is 6.41. The fourth-order valence-corrected chi connectivity index (χ4v) is 15.9. The van der Waals surface area contributed by atoms with Gasteiger partial charge in [-0.25, -0.2) is 8.78 Å². The van der Waals surface area contributed by atoms with Crippen molar-refractivity contribution in [1.82, 2.24) is 0 Å². The summed E-state index contributed by atoms with van der Waals surface area (Å²) < 4.78 is 29.5. The van der Waals surface area contributed by atoms with Crippen molar-refractivity contribution in [2.24, 2.45) is 23.7 Å². The molecule has 4 rings (SSSR count). The standard InChI is InChI=1S/C25H40F2Si2/c1-18-7-11-28(12-8-18)17-29-13-9-20(10-14-29)21-4-6-23(25(27)16-21)22-5-3-19(2)15-24(22)26/h18-21H,3-17H2,1-2H3/q-2. The van der Waals surface area contributed by atoms with E-state index in [-0.39, 0.29) is 29.2 Å². The molecule has 0 saturated carbocycles. The molecule has 29 heavy (non-hydrogen) atoms. The Morgan fingerprint density at radius 2 is 1.21 bits per heavy atom. The molecule has 0 aromatic rings. The maximum Gasteiger partial charge on any atom is 0.104 e. The Kier molecular flexibility index (Phi) is 7.53. The quantitative estimate of drug-likeness (QED) is 0.389. The van der Waals surface area contributed by atoms with Crippen LogP contribution in [0, 0.1) is 23.7 Å². The van der Waals surface area contributed by atoms with Crippen LogP contribution >= 0.6 is 0 Å². The molecule has 0 bridgehead atoms. The Morgan fingerprint density at radius 1 is 0.655 bits per heavy atom. The molecule has 2 aliphatic heterocycles. The number of allylic oxidation sites excluding steroid dienone is 4. The highest BCUT2D eigenvalue weighted by atomic mass is 28.3. The van der Waals surface area contributed by atoms with Gasteiger partial charge >= 0.3 is 0 Å². The van der Waals surface area contributed by atoms with E-state index < -0.39 is 0 Å². The first kappa shape index (κ1) is 22.0. The number of halogens is 2. The van der Waals surface area contributed by atoms with Gasteiger partial charge in [0, 0.05) is 12.8 Å². The first-order valence-corrected chi connectivity index (χ1v) is 16.7. The molecule has 0 aromatic heterocycles. The van der Waals surface area contributed by atoms with Crippen LogP contribution in [-0.4, -0.2) is 17.6 Å². The van der Waals surface area contributed by atoms with Crippen molar-refractivity contribution in [2.75, 3.05) is 0 Å². The SMILES string of the molecule is CC1CC[Si-](C[Si-]2CCC(C3CCC(C4=C(F)CC(C)CC4)=C(F)C3)CC2)CC1. The van der Waals surface area contributed by atoms with Crippen LogP contribution in [0.4, 0.5) is 8.78 Å². The Labute approximate surface area is 180 Å². The van der Waals surface area contributed by atoms with Gasteiger partial charge in [-0.2, -0.15) is 24.2 Å². The van der Waals surface area contributed by atoms with Gasteiger partial charge in [-0.3, -0.25) is 17.6 Å². The highest BCUT2D eigenvalue weighted by molar-refractivity contribution is 6.77. The van der Waals surface area contributed by atoms with Crippen LogP contribution in [0.25, 0.3) is 0 Å². The average Bonchev–Trinajstić information content (AvgIpc) is 2.71. The second-order valence-electron chi connectivity index (χ2n) is 10.8. The molecule has 2 fully saturated rings. The van der Waals surface area contributed by atoms with Crippen molar-refractivity contribution in [1.29, 1.82) is 0 Å². The van der Waals surface area contributed by atoms with Gasteiger partial charge in [-0.1, -0.05) is 39.5 Å². The summed E-state index contributed by atoms with van der Waals surface area (Å²) in [5.74, 6) is 2.69. The minimum atomic E-state index is -0.105. The largest absolute Gasteiger partial charge is 0.311 e. The first-order chi connectivity index (χ1) is 14.0. The third-order valence-corrected chi connectivity index (χ3v) is 16.5. The van der Waals surface area contributed by atoms with Gasteiger partial charge in [0.05, 0.1) is 0 Å². The molecule has 0 nitrogen and oxygen atoms in total.